The molecule has 140 valence electrons. The first-order valence-electron chi connectivity index (χ1n) is 9.30. The van der Waals surface area contributed by atoms with Crippen molar-refractivity contribution in [2.45, 2.75) is 39.5 Å². The van der Waals surface area contributed by atoms with Gasteiger partial charge in [-0.15, -0.1) is 0 Å². The van der Waals surface area contributed by atoms with E-state index in [1.54, 1.807) is 7.11 Å². The maximum Gasteiger partial charge on any atom is 0.310 e. The van der Waals surface area contributed by atoms with E-state index in [-0.39, 0.29) is 11.9 Å². The van der Waals surface area contributed by atoms with Crippen molar-refractivity contribution in [3.63, 3.8) is 0 Å². The molecule has 5 heteroatoms. The Hall–Kier alpha value is -1.75. The molecule has 2 rings (SSSR count). The van der Waals surface area contributed by atoms with Gasteiger partial charge in [0, 0.05) is 6.54 Å². The van der Waals surface area contributed by atoms with Crippen LogP contribution in [0, 0.1) is 12.8 Å². The molecule has 0 unspecified atom stereocenters. The maximum absolute atomic E-state index is 11.9. The molecule has 1 aliphatic rings. The van der Waals surface area contributed by atoms with Crippen molar-refractivity contribution in [2.75, 3.05) is 40.0 Å². The van der Waals surface area contributed by atoms with Crippen molar-refractivity contribution < 1.29 is 19.0 Å². The van der Waals surface area contributed by atoms with Crippen LogP contribution in [0.1, 0.15) is 38.2 Å². The van der Waals surface area contributed by atoms with E-state index < -0.39 is 0 Å². The third kappa shape index (κ3) is 6.24. The molecular formula is C20H31NO4. The number of nitrogens with zero attached hydrogens (tertiary/aromatic N) is 1. The number of benzene rings is 1. The molecule has 0 N–H and O–H groups in total. The maximum atomic E-state index is 11.9. The van der Waals surface area contributed by atoms with Crippen molar-refractivity contribution in [1.29, 1.82) is 0 Å². The van der Waals surface area contributed by atoms with Crippen LogP contribution in [0.25, 0.3) is 0 Å². The molecule has 1 aromatic carbocycles. The number of unbranched alkanes of at least 4 members (excludes halogenated alkanes) is 1. The predicted octanol–water partition coefficient (Wildman–Crippen LogP) is 3.44. The summed E-state index contributed by atoms with van der Waals surface area (Å²) < 4.78 is 16.4. The number of hydrogen-bond donors (Lipinski definition) is 0. The first-order valence-corrected chi connectivity index (χ1v) is 9.30. The Kier molecular flexibility index (Phi) is 8.06. The highest BCUT2D eigenvalue weighted by molar-refractivity contribution is 5.72. The molecule has 0 bridgehead atoms. The minimum Gasteiger partial charge on any atom is -0.493 e. The molecule has 1 aromatic rings. The third-order valence-electron chi connectivity index (χ3n) is 4.57. The second kappa shape index (κ2) is 10.3. The second-order valence-corrected chi connectivity index (χ2v) is 6.60. The fourth-order valence-corrected chi connectivity index (χ4v) is 3.22. The fourth-order valence-electron chi connectivity index (χ4n) is 3.22. The van der Waals surface area contributed by atoms with Gasteiger partial charge in [-0.3, -0.25) is 4.79 Å². The molecule has 1 atom stereocenters. The zero-order valence-electron chi connectivity index (χ0n) is 15.8. The van der Waals surface area contributed by atoms with Gasteiger partial charge in [-0.1, -0.05) is 6.07 Å². The van der Waals surface area contributed by atoms with Gasteiger partial charge in [0.05, 0.1) is 26.2 Å². The van der Waals surface area contributed by atoms with Gasteiger partial charge in [0.25, 0.3) is 0 Å². The van der Waals surface area contributed by atoms with Crippen LogP contribution < -0.4 is 9.47 Å². The molecule has 0 amide bonds. The second-order valence-electron chi connectivity index (χ2n) is 6.60. The first-order chi connectivity index (χ1) is 12.1. The van der Waals surface area contributed by atoms with Gasteiger partial charge in [0.1, 0.15) is 0 Å². The van der Waals surface area contributed by atoms with E-state index in [0.29, 0.717) is 13.2 Å². The van der Waals surface area contributed by atoms with Gasteiger partial charge in [0.15, 0.2) is 11.5 Å². The zero-order chi connectivity index (χ0) is 18.1. The third-order valence-corrected chi connectivity index (χ3v) is 4.57. The highest BCUT2D eigenvalue weighted by Crippen LogP contribution is 2.28. The van der Waals surface area contributed by atoms with Gasteiger partial charge >= 0.3 is 5.97 Å². The molecule has 0 radical (unpaired) electrons. The first kappa shape index (κ1) is 19.6. The average molecular weight is 349 g/mol. The number of esters is 1. The van der Waals surface area contributed by atoms with Crippen LogP contribution >= 0.6 is 0 Å². The van der Waals surface area contributed by atoms with Gasteiger partial charge in [-0.25, -0.2) is 0 Å². The van der Waals surface area contributed by atoms with Gasteiger partial charge in [0.2, 0.25) is 0 Å². The highest BCUT2D eigenvalue weighted by Gasteiger charge is 2.26. The molecule has 25 heavy (non-hydrogen) atoms. The van der Waals surface area contributed by atoms with Gasteiger partial charge in [-0.05, 0) is 70.3 Å². The number of hydrogen-bond acceptors (Lipinski definition) is 5. The normalized spacial score (nSPS) is 18.0. The van der Waals surface area contributed by atoms with Crippen LogP contribution in [-0.4, -0.2) is 50.8 Å². The van der Waals surface area contributed by atoms with Gasteiger partial charge < -0.3 is 19.1 Å². The van der Waals surface area contributed by atoms with Crippen molar-refractivity contribution >= 4 is 5.97 Å². The molecule has 1 saturated heterocycles. The lowest BCUT2D eigenvalue weighted by atomic mass is 9.98. The van der Waals surface area contributed by atoms with E-state index in [9.17, 15) is 4.79 Å². The minimum atomic E-state index is -0.0398. The summed E-state index contributed by atoms with van der Waals surface area (Å²) in [4.78, 5) is 14.3. The predicted molar refractivity (Wildman–Crippen MR) is 98.3 cm³/mol. The Bertz CT molecular complexity index is 546. The van der Waals surface area contributed by atoms with Crippen LogP contribution in [0.3, 0.4) is 0 Å². The monoisotopic (exact) mass is 349 g/mol. The minimum absolute atomic E-state index is 0.0398. The number of rotatable bonds is 9. The Balaban J connectivity index is 1.67. The lowest BCUT2D eigenvalue weighted by molar-refractivity contribution is -0.149. The Labute approximate surface area is 151 Å². The van der Waals surface area contributed by atoms with Crippen molar-refractivity contribution in [3.8, 4) is 11.5 Å². The summed E-state index contributed by atoms with van der Waals surface area (Å²) in [5, 5.41) is 0. The SMILES string of the molecule is CCOC(=O)[C@H]1CCCN(CCCCOc2ccc(C)cc2OC)C1. The Morgan fingerprint density at radius 2 is 2.12 bits per heavy atom. The van der Waals surface area contributed by atoms with E-state index >= 15 is 0 Å². The molecular weight excluding hydrogens is 318 g/mol. The number of likely N-dealkylation sites (tertiary alicyclic amines) is 1. The molecule has 0 aromatic heterocycles. The number of aryl methyl sites for hydroxylation is 1. The number of methoxy groups -OCH3 is 1. The van der Waals surface area contributed by atoms with E-state index in [4.69, 9.17) is 14.2 Å². The molecule has 0 aliphatic carbocycles. The van der Waals surface area contributed by atoms with Crippen LogP contribution in [0.2, 0.25) is 0 Å². The topological polar surface area (TPSA) is 48.0 Å². The van der Waals surface area contributed by atoms with E-state index in [1.807, 2.05) is 32.0 Å². The average Bonchev–Trinajstić information content (AvgIpc) is 2.63. The lowest BCUT2D eigenvalue weighted by Crippen LogP contribution is -2.39. The summed E-state index contributed by atoms with van der Waals surface area (Å²) in [6, 6.07) is 5.97. The number of ether oxygens (including phenoxy) is 3. The van der Waals surface area contributed by atoms with Crippen LogP contribution in [-0.2, 0) is 9.53 Å². The van der Waals surface area contributed by atoms with Crippen molar-refractivity contribution in [1.82, 2.24) is 4.90 Å². The molecule has 1 aliphatic heterocycles. The van der Waals surface area contributed by atoms with E-state index in [0.717, 1.165) is 62.4 Å². The molecule has 1 heterocycles. The van der Waals surface area contributed by atoms with Crippen LogP contribution in [0.5, 0.6) is 11.5 Å². The number of carbonyl (C=O) groups is 1. The van der Waals surface area contributed by atoms with Crippen LogP contribution in [0.15, 0.2) is 18.2 Å². The molecule has 1 fully saturated rings. The summed E-state index contributed by atoms with van der Waals surface area (Å²) in [5.41, 5.74) is 1.16. The summed E-state index contributed by atoms with van der Waals surface area (Å²) in [6.07, 6.45) is 4.06. The smallest absolute Gasteiger partial charge is 0.310 e. The summed E-state index contributed by atoms with van der Waals surface area (Å²) in [7, 11) is 1.66. The van der Waals surface area contributed by atoms with E-state index in [2.05, 4.69) is 4.90 Å². The standard InChI is InChI=1S/C20H31NO4/c1-4-24-20(22)17-8-7-12-21(15-17)11-5-6-13-25-18-10-9-16(2)14-19(18)23-3/h9-10,14,17H,4-8,11-13,15H2,1-3H3/t17-/m0/s1. The quantitative estimate of drug-likeness (QED) is 0.505. The number of carbonyl (C=O) groups excluding carboxylic acids is 1. The van der Waals surface area contributed by atoms with Crippen LogP contribution in [0.4, 0.5) is 0 Å². The molecule has 5 nitrogen and oxygen atoms in total. The largest absolute Gasteiger partial charge is 0.493 e. The summed E-state index contributed by atoms with van der Waals surface area (Å²) in [5.74, 6) is 1.59. The van der Waals surface area contributed by atoms with Crippen molar-refractivity contribution in [2.24, 2.45) is 5.92 Å². The molecule has 0 spiro atoms. The van der Waals surface area contributed by atoms with Gasteiger partial charge in [-0.2, -0.15) is 0 Å². The summed E-state index contributed by atoms with van der Waals surface area (Å²) >= 11 is 0. The summed E-state index contributed by atoms with van der Waals surface area (Å²) in [6.45, 7) is 7.94. The van der Waals surface area contributed by atoms with Crippen molar-refractivity contribution in [3.05, 3.63) is 23.8 Å². The zero-order valence-corrected chi connectivity index (χ0v) is 15.8. The van der Waals surface area contributed by atoms with E-state index in [1.165, 1.54) is 0 Å². The fraction of sp³-hybridized carbons (Fsp3) is 0.650. The highest BCUT2D eigenvalue weighted by atomic mass is 16.5. The Morgan fingerprint density at radius 3 is 2.88 bits per heavy atom. The number of piperidine rings is 1. The molecule has 0 saturated carbocycles. The lowest BCUT2D eigenvalue weighted by Gasteiger charge is -2.31. The Morgan fingerprint density at radius 1 is 1.28 bits per heavy atom.